The number of hydrogen-bond acceptors (Lipinski definition) is 4. The second-order valence-electron chi connectivity index (χ2n) is 4.22. The molecular formula is C13H14N4S. The summed E-state index contributed by atoms with van der Waals surface area (Å²) in [4.78, 5) is 5.71. The van der Waals surface area contributed by atoms with Crippen LogP contribution < -0.4 is 5.32 Å². The van der Waals surface area contributed by atoms with E-state index in [9.17, 15) is 0 Å². The first-order chi connectivity index (χ1) is 8.78. The zero-order chi connectivity index (χ0) is 12.5. The van der Waals surface area contributed by atoms with E-state index in [1.54, 1.807) is 11.3 Å². The number of aryl methyl sites for hydroxylation is 1. The number of aromatic nitrogens is 3. The number of fused-ring (bicyclic) bond motifs is 1. The molecule has 0 aliphatic carbocycles. The molecule has 0 aliphatic heterocycles. The smallest absolute Gasteiger partial charge is 0.153 e. The Morgan fingerprint density at radius 2 is 2.22 bits per heavy atom. The molecule has 0 saturated carbocycles. The highest BCUT2D eigenvalue weighted by atomic mass is 32.1. The Labute approximate surface area is 109 Å². The molecule has 0 saturated heterocycles. The lowest BCUT2D eigenvalue weighted by Gasteiger charge is -1.99. The molecule has 0 bridgehead atoms. The van der Waals surface area contributed by atoms with Gasteiger partial charge in [-0.1, -0.05) is 0 Å². The fraction of sp³-hybridized carbons (Fsp3) is 0.231. The highest BCUT2D eigenvalue weighted by Gasteiger charge is 2.07. The summed E-state index contributed by atoms with van der Waals surface area (Å²) in [6.07, 6.45) is 1.97. The maximum Gasteiger partial charge on any atom is 0.153 e. The lowest BCUT2D eigenvalue weighted by Crippen LogP contribution is -2.04. The number of thiophene rings is 1. The van der Waals surface area contributed by atoms with Gasteiger partial charge in [-0.2, -0.15) is 5.10 Å². The van der Waals surface area contributed by atoms with Crippen molar-refractivity contribution in [2.75, 3.05) is 7.05 Å². The van der Waals surface area contributed by atoms with Gasteiger partial charge in [-0.15, -0.1) is 11.3 Å². The average Bonchev–Trinajstić information content (AvgIpc) is 2.94. The van der Waals surface area contributed by atoms with Crippen LogP contribution in [0.15, 0.2) is 29.8 Å². The number of hydrogen-bond donors (Lipinski definition) is 1. The molecule has 3 heterocycles. The maximum absolute atomic E-state index is 4.62. The lowest BCUT2D eigenvalue weighted by atomic mass is 10.2. The van der Waals surface area contributed by atoms with Gasteiger partial charge in [-0.25, -0.2) is 9.50 Å². The summed E-state index contributed by atoms with van der Waals surface area (Å²) in [5.41, 5.74) is 4.16. The molecule has 3 aromatic rings. The molecule has 0 radical (unpaired) electrons. The summed E-state index contributed by atoms with van der Waals surface area (Å²) < 4.78 is 1.85. The molecule has 1 N–H and O–H groups in total. The van der Waals surface area contributed by atoms with Crippen LogP contribution in [0.1, 0.15) is 11.3 Å². The van der Waals surface area contributed by atoms with Crippen LogP contribution in [0.3, 0.4) is 0 Å². The van der Waals surface area contributed by atoms with E-state index < -0.39 is 0 Å². The number of rotatable bonds is 3. The van der Waals surface area contributed by atoms with Gasteiger partial charge in [0.2, 0.25) is 0 Å². The van der Waals surface area contributed by atoms with Crippen molar-refractivity contribution in [2.45, 2.75) is 13.5 Å². The molecule has 0 aliphatic rings. The zero-order valence-electron chi connectivity index (χ0n) is 10.3. The van der Waals surface area contributed by atoms with Crippen LogP contribution in [0.4, 0.5) is 0 Å². The summed E-state index contributed by atoms with van der Waals surface area (Å²) in [6, 6.07) is 6.16. The Morgan fingerprint density at radius 3 is 2.94 bits per heavy atom. The van der Waals surface area contributed by atoms with Crippen molar-refractivity contribution in [3.05, 3.63) is 41.0 Å². The Balaban J connectivity index is 2.08. The lowest BCUT2D eigenvalue weighted by molar-refractivity contribution is 0.796. The molecule has 0 fully saturated rings. The molecule has 3 aromatic heterocycles. The molecule has 5 heteroatoms. The van der Waals surface area contributed by atoms with Crippen LogP contribution in [-0.2, 0) is 6.54 Å². The van der Waals surface area contributed by atoms with Crippen molar-refractivity contribution in [3.8, 4) is 10.6 Å². The second-order valence-corrected chi connectivity index (χ2v) is 5.13. The van der Waals surface area contributed by atoms with Gasteiger partial charge < -0.3 is 5.32 Å². The molecular weight excluding hydrogens is 244 g/mol. The minimum atomic E-state index is 0.761. The van der Waals surface area contributed by atoms with Crippen molar-refractivity contribution in [2.24, 2.45) is 0 Å². The van der Waals surface area contributed by atoms with Crippen LogP contribution in [0.2, 0.25) is 0 Å². The third-order valence-corrected chi connectivity index (χ3v) is 3.86. The van der Waals surface area contributed by atoms with Gasteiger partial charge in [0.15, 0.2) is 5.65 Å². The second kappa shape index (κ2) is 4.51. The van der Waals surface area contributed by atoms with E-state index in [1.165, 1.54) is 10.4 Å². The fourth-order valence-corrected chi connectivity index (χ4v) is 2.85. The van der Waals surface area contributed by atoms with Crippen molar-refractivity contribution >= 4 is 17.0 Å². The summed E-state index contributed by atoms with van der Waals surface area (Å²) in [5, 5.41) is 9.81. The van der Waals surface area contributed by atoms with Crippen LogP contribution in [0.5, 0.6) is 0 Å². The van der Waals surface area contributed by atoms with Crippen LogP contribution in [0, 0.1) is 6.92 Å². The van der Waals surface area contributed by atoms with Crippen molar-refractivity contribution in [1.82, 2.24) is 19.9 Å². The summed E-state index contributed by atoms with van der Waals surface area (Å²) in [6.45, 7) is 2.87. The Hall–Kier alpha value is -1.72. The van der Waals surface area contributed by atoms with E-state index in [-0.39, 0.29) is 0 Å². The molecule has 18 heavy (non-hydrogen) atoms. The standard InChI is InChI=1S/C13H14N4S/c1-9-5-6-18-13(9)11-3-4-12-15-10(7-14-2)8-17(12)16-11/h3-6,8,14H,7H2,1-2H3. The number of nitrogens with zero attached hydrogens (tertiary/aromatic N) is 3. The van der Waals surface area contributed by atoms with E-state index in [0.29, 0.717) is 0 Å². The topological polar surface area (TPSA) is 42.2 Å². The monoisotopic (exact) mass is 258 g/mol. The average molecular weight is 258 g/mol. The van der Waals surface area contributed by atoms with Gasteiger partial charge in [0, 0.05) is 6.54 Å². The highest BCUT2D eigenvalue weighted by Crippen LogP contribution is 2.27. The third kappa shape index (κ3) is 1.91. The van der Waals surface area contributed by atoms with E-state index in [4.69, 9.17) is 0 Å². The molecule has 0 aromatic carbocycles. The summed E-state index contributed by atoms with van der Waals surface area (Å²) >= 11 is 1.72. The fourth-order valence-electron chi connectivity index (χ4n) is 1.95. The first-order valence-corrected chi connectivity index (χ1v) is 6.70. The van der Waals surface area contributed by atoms with Crippen molar-refractivity contribution < 1.29 is 0 Å². The maximum atomic E-state index is 4.62. The first-order valence-electron chi connectivity index (χ1n) is 5.82. The first kappa shape index (κ1) is 11.4. The summed E-state index contributed by atoms with van der Waals surface area (Å²) in [5.74, 6) is 0. The molecule has 0 atom stereocenters. The van der Waals surface area contributed by atoms with Gasteiger partial charge in [-0.05, 0) is 43.1 Å². The predicted octanol–water partition coefficient (Wildman–Crippen LogP) is 2.49. The van der Waals surface area contributed by atoms with E-state index in [2.05, 4.69) is 33.8 Å². The molecule has 0 amide bonds. The molecule has 0 spiro atoms. The van der Waals surface area contributed by atoms with Crippen molar-refractivity contribution in [3.63, 3.8) is 0 Å². The highest BCUT2D eigenvalue weighted by molar-refractivity contribution is 7.13. The zero-order valence-corrected chi connectivity index (χ0v) is 11.2. The Bertz CT molecular complexity index is 683. The normalized spacial score (nSPS) is 11.2. The molecule has 3 rings (SSSR count). The molecule has 4 nitrogen and oxygen atoms in total. The van der Waals surface area contributed by atoms with Gasteiger partial charge >= 0.3 is 0 Å². The van der Waals surface area contributed by atoms with Crippen LogP contribution >= 0.6 is 11.3 Å². The van der Waals surface area contributed by atoms with Gasteiger partial charge in [-0.3, -0.25) is 0 Å². The summed E-state index contributed by atoms with van der Waals surface area (Å²) in [7, 11) is 1.91. The predicted molar refractivity (Wildman–Crippen MR) is 73.8 cm³/mol. The van der Waals surface area contributed by atoms with E-state index in [0.717, 1.165) is 23.6 Å². The van der Waals surface area contributed by atoms with Gasteiger partial charge in [0.1, 0.15) is 5.69 Å². The minimum Gasteiger partial charge on any atom is -0.314 e. The van der Waals surface area contributed by atoms with Crippen molar-refractivity contribution in [1.29, 1.82) is 0 Å². The van der Waals surface area contributed by atoms with Crippen LogP contribution in [-0.4, -0.2) is 21.6 Å². The Morgan fingerprint density at radius 1 is 1.33 bits per heavy atom. The van der Waals surface area contributed by atoms with E-state index in [1.807, 2.05) is 29.9 Å². The quantitative estimate of drug-likeness (QED) is 0.785. The SMILES string of the molecule is CNCc1cn2nc(-c3sccc3C)ccc2n1. The number of nitrogens with one attached hydrogen (secondary N) is 1. The van der Waals surface area contributed by atoms with Gasteiger partial charge in [0.05, 0.1) is 16.8 Å². The van der Waals surface area contributed by atoms with E-state index >= 15 is 0 Å². The largest absolute Gasteiger partial charge is 0.314 e. The number of imidazole rings is 1. The van der Waals surface area contributed by atoms with Crippen LogP contribution in [0.25, 0.3) is 16.2 Å². The molecule has 92 valence electrons. The molecule has 0 unspecified atom stereocenters. The third-order valence-electron chi connectivity index (χ3n) is 2.82. The van der Waals surface area contributed by atoms with Gasteiger partial charge in [0.25, 0.3) is 0 Å². The minimum absolute atomic E-state index is 0.761. The Kier molecular flexibility index (Phi) is 2.85.